The third-order valence-electron chi connectivity index (χ3n) is 1.42. The van der Waals surface area contributed by atoms with Crippen LogP contribution in [0.15, 0.2) is 29.1 Å². The summed E-state index contributed by atoms with van der Waals surface area (Å²) in [5, 5.41) is 8.35. The first kappa shape index (κ1) is 10.8. The average Bonchev–Trinajstić information content (AvgIpc) is 2.63. The zero-order chi connectivity index (χ0) is 11.1. The van der Waals surface area contributed by atoms with E-state index in [-0.39, 0.29) is 0 Å². The van der Waals surface area contributed by atoms with Crippen LogP contribution in [0.3, 0.4) is 0 Å². The number of aliphatic carboxylic acids is 1. The van der Waals surface area contributed by atoms with Crippen LogP contribution in [0.25, 0.3) is 12.2 Å². The number of carbonyl (C=O) groups is 2. The summed E-state index contributed by atoms with van der Waals surface area (Å²) in [6, 6.07) is 1.60. The summed E-state index contributed by atoms with van der Waals surface area (Å²) < 4.78 is 9.33. The van der Waals surface area contributed by atoms with E-state index >= 15 is 0 Å². The highest BCUT2D eigenvalue weighted by atomic mass is 16.5. The fraction of sp³-hybridized carbons (Fsp3) is 0. The molecule has 0 aliphatic heterocycles. The summed E-state index contributed by atoms with van der Waals surface area (Å²) in [4.78, 5) is 20.0. The van der Waals surface area contributed by atoms with Crippen LogP contribution in [0.5, 0.6) is 0 Å². The van der Waals surface area contributed by atoms with Gasteiger partial charge in [-0.25, -0.2) is 4.79 Å². The van der Waals surface area contributed by atoms with E-state index in [1.54, 1.807) is 6.07 Å². The standard InChI is InChI=1S/C10H8O5/c11-7-14-4-3-8-5-9(15-6-8)1-2-10(12)13/h1-7H,(H,12,13)/b2-1+,4-3+. The Morgan fingerprint density at radius 1 is 1.47 bits per heavy atom. The molecule has 0 unspecified atom stereocenters. The molecule has 5 heteroatoms. The Kier molecular flexibility index (Phi) is 3.91. The Hall–Kier alpha value is -2.30. The second kappa shape index (κ2) is 5.43. The Morgan fingerprint density at radius 3 is 2.93 bits per heavy atom. The van der Waals surface area contributed by atoms with Crippen LogP contribution in [-0.2, 0) is 14.3 Å². The molecule has 1 aromatic rings. The second-order valence-corrected chi connectivity index (χ2v) is 2.49. The molecular formula is C10H8O5. The summed E-state index contributed by atoms with van der Waals surface area (Å²) in [6.45, 7) is 0.293. The zero-order valence-corrected chi connectivity index (χ0v) is 7.62. The van der Waals surface area contributed by atoms with Gasteiger partial charge in [-0.1, -0.05) is 0 Å². The van der Waals surface area contributed by atoms with E-state index in [1.807, 2.05) is 0 Å². The molecule has 15 heavy (non-hydrogen) atoms. The molecular weight excluding hydrogens is 200 g/mol. The molecule has 0 radical (unpaired) electrons. The van der Waals surface area contributed by atoms with Gasteiger partial charge in [-0.3, -0.25) is 4.79 Å². The molecule has 78 valence electrons. The van der Waals surface area contributed by atoms with E-state index < -0.39 is 5.97 Å². The van der Waals surface area contributed by atoms with E-state index in [1.165, 1.54) is 24.7 Å². The fourth-order valence-corrected chi connectivity index (χ4v) is 0.847. The van der Waals surface area contributed by atoms with Crippen molar-refractivity contribution in [3.8, 4) is 0 Å². The van der Waals surface area contributed by atoms with Gasteiger partial charge in [-0.05, 0) is 18.2 Å². The van der Waals surface area contributed by atoms with Crippen molar-refractivity contribution < 1.29 is 23.8 Å². The average molecular weight is 208 g/mol. The predicted octanol–water partition coefficient (Wildman–Crippen LogP) is 1.52. The Labute approximate surface area is 85.3 Å². The lowest BCUT2D eigenvalue weighted by Gasteiger charge is -1.81. The van der Waals surface area contributed by atoms with Crippen LogP contribution in [0, 0.1) is 0 Å². The van der Waals surface area contributed by atoms with Crippen LogP contribution in [0.4, 0.5) is 0 Å². The first-order valence-corrected chi connectivity index (χ1v) is 3.97. The molecule has 0 saturated heterocycles. The van der Waals surface area contributed by atoms with Crippen molar-refractivity contribution in [1.29, 1.82) is 0 Å². The normalized spacial score (nSPS) is 10.9. The molecule has 0 spiro atoms. The lowest BCUT2D eigenvalue weighted by atomic mass is 10.3. The van der Waals surface area contributed by atoms with Gasteiger partial charge in [0.1, 0.15) is 5.76 Å². The van der Waals surface area contributed by atoms with E-state index in [0.717, 1.165) is 6.08 Å². The summed E-state index contributed by atoms with van der Waals surface area (Å²) in [6.07, 6.45) is 6.40. The van der Waals surface area contributed by atoms with Gasteiger partial charge in [0.2, 0.25) is 0 Å². The van der Waals surface area contributed by atoms with Crippen molar-refractivity contribution in [1.82, 2.24) is 0 Å². The second-order valence-electron chi connectivity index (χ2n) is 2.49. The zero-order valence-electron chi connectivity index (χ0n) is 7.62. The SMILES string of the molecule is O=CO/C=C/c1coc(/C=C/C(=O)O)c1. The van der Waals surface area contributed by atoms with Crippen molar-refractivity contribution in [3.05, 3.63) is 36.0 Å². The van der Waals surface area contributed by atoms with Crippen molar-refractivity contribution in [2.75, 3.05) is 0 Å². The van der Waals surface area contributed by atoms with Gasteiger partial charge in [-0.15, -0.1) is 0 Å². The van der Waals surface area contributed by atoms with Crippen molar-refractivity contribution in [3.63, 3.8) is 0 Å². The fourth-order valence-electron chi connectivity index (χ4n) is 0.847. The van der Waals surface area contributed by atoms with Crippen molar-refractivity contribution in [2.45, 2.75) is 0 Å². The molecule has 0 fully saturated rings. The number of ether oxygens (including phenoxy) is 1. The van der Waals surface area contributed by atoms with Crippen LogP contribution in [0.1, 0.15) is 11.3 Å². The number of carboxylic acid groups (broad SMARTS) is 1. The number of hydrogen-bond acceptors (Lipinski definition) is 4. The molecule has 1 rings (SSSR count). The highest BCUT2D eigenvalue weighted by molar-refractivity contribution is 5.84. The molecule has 0 atom stereocenters. The minimum Gasteiger partial charge on any atom is -0.478 e. The summed E-state index contributed by atoms with van der Waals surface area (Å²) in [7, 11) is 0. The molecule has 1 aromatic heterocycles. The van der Waals surface area contributed by atoms with E-state index in [9.17, 15) is 9.59 Å². The van der Waals surface area contributed by atoms with Gasteiger partial charge in [0.15, 0.2) is 0 Å². The molecule has 1 heterocycles. The maximum Gasteiger partial charge on any atom is 0.328 e. The van der Waals surface area contributed by atoms with Gasteiger partial charge in [0, 0.05) is 11.6 Å². The van der Waals surface area contributed by atoms with Gasteiger partial charge in [-0.2, -0.15) is 0 Å². The number of furan rings is 1. The molecule has 0 aromatic carbocycles. The lowest BCUT2D eigenvalue weighted by molar-refractivity contribution is -0.131. The van der Waals surface area contributed by atoms with Crippen LogP contribution in [0.2, 0.25) is 0 Å². The molecule has 0 saturated carbocycles. The Bertz CT molecular complexity index is 400. The van der Waals surface area contributed by atoms with Crippen LogP contribution in [-0.4, -0.2) is 17.5 Å². The molecule has 0 aliphatic carbocycles. The summed E-state index contributed by atoms with van der Waals surface area (Å²) >= 11 is 0. The van der Waals surface area contributed by atoms with E-state index in [0.29, 0.717) is 17.8 Å². The quantitative estimate of drug-likeness (QED) is 0.451. The first-order chi connectivity index (χ1) is 7.22. The monoisotopic (exact) mass is 208 g/mol. The third kappa shape index (κ3) is 3.95. The molecule has 5 nitrogen and oxygen atoms in total. The predicted molar refractivity (Wildman–Crippen MR) is 51.6 cm³/mol. The Morgan fingerprint density at radius 2 is 2.27 bits per heavy atom. The highest BCUT2D eigenvalue weighted by Crippen LogP contribution is 2.10. The lowest BCUT2D eigenvalue weighted by Crippen LogP contribution is -1.84. The first-order valence-electron chi connectivity index (χ1n) is 3.97. The van der Waals surface area contributed by atoms with E-state index in [2.05, 4.69) is 4.74 Å². The number of carboxylic acids is 1. The summed E-state index contributed by atoms with van der Waals surface area (Å²) in [5.74, 6) is -0.643. The van der Waals surface area contributed by atoms with Gasteiger partial charge < -0.3 is 14.3 Å². The topological polar surface area (TPSA) is 76.7 Å². The van der Waals surface area contributed by atoms with Gasteiger partial charge in [0.25, 0.3) is 6.47 Å². The van der Waals surface area contributed by atoms with Crippen molar-refractivity contribution >= 4 is 24.6 Å². The molecule has 1 N–H and O–H groups in total. The smallest absolute Gasteiger partial charge is 0.328 e. The van der Waals surface area contributed by atoms with Crippen LogP contribution < -0.4 is 0 Å². The minimum absolute atomic E-state index is 0.293. The molecule has 0 amide bonds. The van der Waals surface area contributed by atoms with Gasteiger partial charge in [0.05, 0.1) is 12.5 Å². The number of carbonyl (C=O) groups excluding carboxylic acids is 1. The highest BCUT2D eigenvalue weighted by Gasteiger charge is 1.96. The minimum atomic E-state index is -1.05. The maximum absolute atomic E-state index is 10.2. The molecule has 0 aliphatic rings. The largest absolute Gasteiger partial charge is 0.478 e. The van der Waals surface area contributed by atoms with Crippen molar-refractivity contribution in [2.24, 2.45) is 0 Å². The molecule has 0 bridgehead atoms. The van der Waals surface area contributed by atoms with Gasteiger partial charge >= 0.3 is 5.97 Å². The maximum atomic E-state index is 10.2. The van der Waals surface area contributed by atoms with E-state index in [4.69, 9.17) is 9.52 Å². The number of rotatable bonds is 5. The summed E-state index contributed by atoms with van der Waals surface area (Å²) in [5.41, 5.74) is 0.668. The number of hydrogen-bond donors (Lipinski definition) is 1. The third-order valence-corrected chi connectivity index (χ3v) is 1.42. The van der Waals surface area contributed by atoms with Crippen LogP contribution >= 0.6 is 0 Å². The Balaban J connectivity index is 2.63.